The first kappa shape index (κ1) is 22.3. The normalized spacial score (nSPS) is 14.7. The van der Waals surface area contributed by atoms with E-state index in [1.54, 1.807) is 0 Å². The molecule has 1 N–H and O–H groups in total. The molecule has 3 nitrogen and oxygen atoms in total. The molecular weight excluding hydrogens is 462 g/mol. The molecule has 2 heterocycles. The monoisotopic (exact) mass is 489 g/mol. The van der Waals surface area contributed by atoms with E-state index in [1.807, 2.05) is 24.4 Å². The van der Waals surface area contributed by atoms with Gasteiger partial charge in [-0.2, -0.15) is 0 Å². The lowest BCUT2D eigenvalue weighted by molar-refractivity contribution is 0.815. The number of nitrogens with one attached hydrogen (secondary N) is 1. The van der Waals surface area contributed by atoms with Gasteiger partial charge < -0.3 is 9.88 Å². The summed E-state index contributed by atoms with van der Waals surface area (Å²) in [4.78, 5) is 4.57. The Morgan fingerprint density at radius 1 is 0.711 bits per heavy atom. The van der Waals surface area contributed by atoms with Crippen LogP contribution in [0.15, 0.2) is 140 Å². The van der Waals surface area contributed by atoms with E-state index in [-0.39, 0.29) is 0 Å². The van der Waals surface area contributed by atoms with Crippen LogP contribution in [-0.4, -0.2) is 9.55 Å². The predicted molar refractivity (Wildman–Crippen MR) is 159 cm³/mol. The van der Waals surface area contributed by atoms with E-state index in [9.17, 15) is 0 Å². The highest BCUT2D eigenvalue weighted by molar-refractivity contribution is 6.11. The largest absolute Gasteiger partial charge is 0.355 e. The van der Waals surface area contributed by atoms with Gasteiger partial charge in [0.1, 0.15) is 0 Å². The van der Waals surface area contributed by atoms with Gasteiger partial charge in [0.15, 0.2) is 0 Å². The minimum atomic E-state index is 0.384. The average molecular weight is 490 g/mol. The summed E-state index contributed by atoms with van der Waals surface area (Å²) in [5, 5.41) is 6.20. The highest BCUT2D eigenvalue weighted by atomic mass is 15.0. The van der Waals surface area contributed by atoms with Gasteiger partial charge in [-0.25, -0.2) is 0 Å². The molecule has 0 saturated carbocycles. The molecule has 6 aromatic rings. The standard InChI is InChI=1S/C35H27N3/c1-2-10-25(11-3-1)22-26-17-19-28(23-26)38-34-16-7-5-12-29(34)30-20-18-27(24-35(30)38)37-33-15-6-4-13-31(33)32-14-8-9-21-36-32/h1-21,23-24,26,37H,22H2. The van der Waals surface area contributed by atoms with Crippen LogP contribution in [-0.2, 0) is 6.42 Å². The number of hydrogen-bond donors (Lipinski definition) is 1. The van der Waals surface area contributed by atoms with E-state index in [1.165, 1.54) is 33.1 Å². The Morgan fingerprint density at radius 3 is 2.39 bits per heavy atom. The number of rotatable bonds is 6. The van der Waals surface area contributed by atoms with Gasteiger partial charge in [0, 0.05) is 45.5 Å². The molecule has 1 atom stereocenters. The average Bonchev–Trinajstić information content (AvgIpc) is 3.56. The van der Waals surface area contributed by atoms with Crippen LogP contribution in [0, 0.1) is 5.92 Å². The van der Waals surface area contributed by atoms with Crippen molar-refractivity contribution in [3.05, 3.63) is 145 Å². The number of benzene rings is 4. The van der Waals surface area contributed by atoms with Gasteiger partial charge in [-0.3, -0.25) is 4.98 Å². The molecule has 2 aromatic heterocycles. The first-order chi connectivity index (χ1) is 18.8. The molecule has 0 spiro atoms. The van der Waals surface area contributed by atoms with E-state index in [0.717, 1.165) is 29.1 Å². The third-order valence-corrected chi connectivity index (χ3v) is 7.29. The van der Waals surface area contributed by atoms with Gasteiger partial charge >= 0.3 is 0 Å². The molecule has 0 radical (unpaired) electrons. The Labute approximate surface area is 222 Å². The van der Waals surface area contributed by atoms with Crippen molar-refractivity contribution in [2.45, 2.75) is 6.42 Å². The number of fused-ring (bicyclic) bond motifs is 3. The van der Waals surface area contributed by atoms with Crippen LogP contribution in [0.25, 0.3) is 38.8 Å². The molecule has 182 valence electrons. The summed E-state index contributed by atoms with van der Waals surface area (Å²) in [5.41, 5.74) is 9.13. The topological polar surface area (TPSA) is 29.9 Å². The molecular formula is C35H27N3. The van der Waals surface area contributed by atoms with Crippen LogP contribution in [0.5, 0.6) is 0 Å². The van der Waals surface area contributed by atoms with Crippen molar-refractivity contribution < 1.29 is 0 Å². The SMILES string of the molecule is C1=CC(Cc2ccccc2)C=C1n1c2ccccc2c2ccc(Nc3ccccc3-c3ccccn3)cc21. The molecule has 0 amide bonds. The number of allylic oxidation sites excluding steroid dienone is 4. The third-order valence-electron chi connectivity index (χ3n) is 7.29. The summed E-state index contributed by atoms with van der Waals surface area (Å²) >= 11 is 0. The molecule has 0 bridgehead atoms. The van der Waals surface area contributed by atoms with Crippen molar-refractivity contribution in [3.8, 4) is 11.3 Å². The Kier molecular flexibility index (Phi) is 5.60. The fourth-order valence-corrected chi connectivity index (χ4v) is 5.53. The van der Waals surface area contributed by atoms with Gasteiger partial charge in [0.2, 0.25) is 0 Å². The van der Waals surface area contributed by atoms with Gasteiger partial charge in [0.25, 0.3) is 0 Å². The van der Waals surface area contributed by atoms with Crippen LogP contribution in [0.1, 0.15) is 5.56 Å². The highest BCUT2D eigenvalue weighted by Crippen LogP contribution is 2.37. The quantitative estimate of drug-likeness (QED) is 0.253. The second kappa shape index (κ2) is 9.53. The summed E-state index contributed by atoms with van der Waals surface area (Å²) in [6.45, 7) is 0. The summed E-state index contributed by atoms with van der Waals surface area (Å²) in [5.74, 6) is 0.384. The minimum absolute atomic E-state index is 0.384. The molecule has 1 aliphatic rings. The smallest absolute Gasteiger partial charge is 0.0722 e. The maximum atomic E-state index is 4.57. The number of para-hydroxylation sites is 2. The Morgan fingerprint density at radius 2 is 1.50 bits per heavy atom. The van der Waals surface area contributed by atoms with E-state index in [4.69, 9.17) is 0 Å². The van der Waals surface area contributed by atoms with Crippen molar-refractivity contribution in [1.29, 1.82) is 0 Å². The molecule has 38 heavy (non-hydrogen) atoms. The number of pyridine rings is 1. The summed E-state index contributed by atoms with van der Waals surface area (Å²) in [7, 11) is 0. The number of anilines is 2. The Bertz CT molecular complexity index is 1810. The van der Waals surface area contributed by atoms with Crippen LogP contribution < -0.4 is 5.32 Å². The zero-order valence-electron chi connectivity index (χ0n) is 21.0. The van der Waals surface area contributed by atoms with E-state index in [2.05, 4.69) is 130 Å². The predicted octanol–water partition coefficient (Wildman–Crippen LogP) is 8.87. The molecule has 1 aliphatic carbocycles. The zero-order valence-corrected chi connectivity index (χ0v) is 21.0. The van der Waals surface area contributed by atoms with Gasteiger partial charge in [-0.05, 0) is 54.5 Å². The lowest BCUT2D eigenvalue weighted by atomic mass is 10.0. The number of aromatic nitrogens is 2. The zero-order chi connectivity index (χ0) is 25.3. The van der Waals surface area contributed by atoms with E-state index >= 15 is 0 Å². The summed E-state index contributed by atoms with van der Waals surface area (Å²) in [6, 6.07) is 40.5. The van der Waals surface area contributed by atoms with Gasteiger partial charge in [-0.1, -0.05) is 91.0 Å². The number of hydrogen-bond acceptors (Lipinski definition) is 2. The second-order valence-corrected chi connectivity index (χ2v) is 9.77. The summed E-state index contributed by atoms with van der Waals surface area (Å²) in [6.07, 6.45) is 9.85. The maximum Gasteiger partial charge on any atom is 0.0722 e. The van der Waals surface area contributed by atoms with Crippen molar-refractivity contribution in [1.82, 2.24) is 9.55 Å². The fraction of sp³-hybridized carbons (Fsp3) is 0.0571. The van der Waals surface area contributed by atoms with E-state index < -0.39 is 0 Å². The van der Waals surface area contributed by atoms with Crippen LogP contribution in [0.4, 0.5) is 11.4 Å². The van der Waals surface area contributed by atoms with Crippen LogP contribution in [0.2, 0.25) is 0 Å². The second-order valence-electron chi connectivity index (χ2n) is 9.77. The molecule has 0 saturated heterocycles. The molecule has 0 aliphatic heterocycles. The third kappa shape index (κ3) is 4.08. The lowest BCUT2D eigenvalue weighted by Gasteiger charge is -2.13. The van der Waals surface area contributed by atoms with E-state index in [0.29, 0.717) is 5.92 Å². The first-order valence-corrected chi connectivity index (χ1v) is 13.1. The van der Waals surface area contributed by atoms with Gasteiger partial charge in [-0.15, -0.1) is 0 Å². The van der Waals surface area contributed by atoms with Crippen molar-refractivity contribution in [2.75, 3.05) is 5.32 Å². The molecule has 7 rings (SSSR count). The minimum Gasteiger partial charge on any atom is -0.355 e. The van der Waals surface area contributed by atoms with Crippen LogP contribution in [0.3, 0.4) is 0 Å². The van der Waals surface area contributed by atoms with Gasteiger partial charge in [0.05, 0.1) is 16.7 Å². The van der Waals surface area contributed by atoms with Crippen molar-refractivity contribution in [3.63, 3.8) is 0 Å². The maximum absolute atomic E-state index is 4.57. The Balaban J connectivity index is 1.30. The fourth-order valence-electron chi connectivity index (χ4n) is 5.53. The highest BCUT2D eigenvalue weighted by Gasteiger charge is 2.18. The summed E-state index contributed by atoms with van der Waals surface area (Å²) < 4.78 is 2.40. The Hall–Kier alpha value is -4.89. The molecule has 1 unspecified atom stereocenters. The first-order valence-electron chi connectivity index (χ1n) is 13.1. The lowest BCUT2D eigenvalue weighted by Crippen LogP contribution is -1.98. The molecule has 4 aromatic carbocycles. The van der Waals surface area contributed by atoms with Crippen molar-refractivity contribution >= 4 is 38.9 Å². The number of nitrogens with zero attached hydrogens (tertiary/aromatic N) is 2. The molecule has 0 fully saturated rings. The molecule has 3 heteroatoms. The van der Waals surface area contributed by atoms with Crippen LogP contribution >= 0.6 is 0 Å². The van der Waals surface area contributed by atoms with Crippen molar-refractivity contribution in [2.24, 2.45) is 5.92 Å².